The largest absolute Gasteiger partial charge is 0.497 e. The Balaban J connectivity index is 2.78. The number of carboxylic acids is 1. The van der Waals surface area contributed by atoms with Gasteiger partial charge in [0.2, 0.25) is 0 Å². The van der Waals surface area contributed by atoms with Gasteiger partial charge in [-0.15, -0.1) is 0 Å². The van der Waals surface area contributed by atoms with Crippen LogP contribution in [0.3, 0.4) is 0 Å². The minimum absolute atomic E-state index is 0.196. The van der Waals surface area contributed by atoms with E-state index in [9.17, 15) is 13.2 Å². The highest BCUT2D eigenvalue weighted by atomic mass is 32.2. The SMILES string of the molecule is COc1ccc(CCS(=O)(=O)C(C)(C)C(=O)O)cc1. The molecular formula is C13H18O5S. The van der Waals surface area contributed by atoms with E-state index in [1.165, 1.54) is 13.8 Å². The lowest BCUT2D eigenvalue weighted by molar-refractivity contribution is -0.139. The van der Waals surface area contributed by atoms with Gasteiger partial charge in [0.05, 0.1) is 12.9 Å². The Labute approximate surface area is 113 Å². The van der Waals surface area contributed by atoms with Crippen molar-refractivity contribution >= 4 is 15.8 Å². The van der Waals surface area contributed by atoms with Crippen LogP contribution >= 0.6 is 0 Å². The van der Waals surface area contributed by atoms with Crippen molar-refractivity contribution < 1.29 is 23.1 Å². The quantitative estimate of drug-likeness (QED) is 0.857. The monoisotopic (exact) mass is 286 g/mol. The molecule has 0 aliphatic carbocycles. The van der Waals surface area contributed by atoms with Gasteiger partial charge in [-0.2, -0.15) is 0 Å². The number of carbonyl (C=O) groups is 1. The maximum atomic E-state index is 12.0. The Morgan fingerprint density at radius 3 is 2.21 bits per heavy atom. The lowest BCUT2D eigenvalue weighted by Crippen LogP contribution is -2.42. The van der Waals surface area contributed by atoms with Crippen LogP contribution in [0.4, 0.5) is 0 Å². The van der Waals surface area contributed by atoms with Gasteiger partial charge in [-0.3, -0.25) is 4.79 Å². The van der Waals surface area contributed by atoms with E-state index in [2.05, 4.69) is 0 Å². The number of methoxy groups -OCH3 is 1. The van der Waals surface area contributed by atoms with Gasteiger partial charge >= 0.3 is 5.97 Å². The van der Waals surface area contributed by atoms with E-state index in [0.717, 1.165) is 5.56 Å². The van der Waals surface area contributed by atoms with Crippen molar-refractivity contribution in [3.05, 3.63) is 29.8 Å². The summed E-state index contributed by atoms with van der Waals surface area (Å²) in [6.07, 6.45) is 0.281. The molecule has 1 N–H and O–H groups in total. The summed E-state index contributed by atoms with van der Waals surface area (Å²) >= 11 is 0. The average molecular weight is 286 g/mol. The van der Waals surface area contributed by atoms with Gasteiger partial charge in [0.1, 0.15) is 5.75 Å². The van der Waals surface area contributed by atoms with E-state index in [1.807, 2.05) is 0 Å². The van der Waals surface area contributed by atoms with Gasteiger partial charge < -0.3 is 9.84 Å². The van der Waals surface area contributed by atoms with Crippen molar-refractivity contribution in [3.63, 3.8) is 0 Å². The number of carboxylic acid groups (broad SMARTS) is 1. The fourth-order valence-electron chi connectivity index (χ4n) is 1.43. The van der Waals surface area contributed by atoms with Gasteiger partial charge in [-0.1, -0.05) is 12.1 Å². The molecule has 0 aliphatic heterocycles. The Kier molecular flexibility index (Phi) is 4.57. The van der Waals surface area contributed by atoms with Gasteiger partial charge in [0, 0.05) is 0 Å². The first-order chi connectivity index (χ1) is 8.70. The fourth-order valence-corrected chi connectivity index (χ4v) is 2.71. The van der Waals surface area contributed by atoms with E-state index < -0.39 is 20.6 Å². The molecule has 0 spiro atoms. The first kappa shape index (κ1) is 15.5. The number of benzene rings is 1. The number of aryl methyl sites for hydroxylation is 1. The number of sulfone groups is 1. The molecule has 106 valence electrons. The molecule has 0 unspecified atom stereocenters. The normalized spacial score (nSPS) is 12.2. The molecular weight excluding hydrogens is 268 g/mol. The average Bonchev–Trinajstić information content (AvgIpc) is 2.36. The summed E-state index contributed by atoms with van der Waals surface area (Å²) in [6, 6.07) is 7.01. The Morgan fingerprint density at radius 2 is 1.79 bits per heavy atom. The smallest absolute Gasteiger partial charge is 0.324 e. The third-order valence-corrected chi connectivity index (χ3v) is 5.58. The molecule has 0 saturated heterocycles. The number of rotatable bonds is 6. The first-order valence-corrected chi connectivity index (χ1v) is 7.44. The molecule has 19 heavy (non-hydrogen) atoms. The highest BCUT2D eigenvalue weighted by Crippen LogP contribution is 2.19. The maximum Gasteiger partial charge on any atom is 0.324 e. The molecule has 0 saturated carbocycles. The van der Waals surface area contributed by atoms with Crippen LogP contribution in [-0.2, 0) is 21.1 Å². The minimum Gasteiger partial charge on any atom is -0.497 e. The second-order valence-corrected chi connectivity index (χ2v) is 7.39. The summed E-state index contributed by atoms with van der Waals surface area (Å²) in [7, 11) is -2.15. The molecule has 6 heteroatoms. The molecule has 0 heterocycles. The fraction of sp³-hybridized carbons (Fsp3) is 0.462. The third kappa shape index (κ3) is 3.47. The number of hydrogen-bond acceptors (Lipinski definition) is 4. The van der Waals surface area contributed by atoms with E-state index in [0.29, 0.717) is 5.75 Å². The molecule has 0 amide bonds. The van der Waals surface area contributed by atoms with Crippen LogP contribution in [0.15, 0.2) is 24.3 Å². The predicted molar refractivity (Wildman–Crippen MR) is 72.2 cm³/mol. The molecule has 0 aliphatic rings. The molecule has 5 nitrogen and oxygen atoms in total. The summed E-state index contributed by atoms with van der Waals surface area (Å²) in [6.45, 7) is 2.41. The standard InChI is InChI=1S/C13H18O5S/c1-13(2,12(14)15)19(16,17)9-8-10-4-6-11(18-3)7-5-10/h4-7H,8-9H2,1-3H3,(H,14,15). The number of hydrogen-bond donors (Lipinski definition) is 1. The molecule has 0 atom stereocenters. The van der Waals surface area contributed by atoms with Crippen LogP contribution < -0.4 is 4.74 Å². The molecule has 0 aromatic heterocycles. The molecule has 1 aromatic rings. The van der Waals surface area contributed by atoms with E-state index in [1.54, 1.807) is 31.4 Å². The van der Waals surface area contributed by atoms with Crippen LogP contribution in [0.25, 0.3) is 0 Å². The van der Waals surface area contributed by atoms with E-state index in [4.69, 9.17) is 9.84 Å². The van der Waals surface area contributed by atoms with Crippen molar-refractivity contribution in [1.82, 2.24) is 0 Å². The Bertz CT molecular complexity index is 543. The van der Waals surface area contributed by atoms with Crippen LogP contribution in [0, 0.1) is 0 Å². The summed E-state index contributed by atoms with van der Waals surface area (Å²) in [5.74, 6) is -0.835. The second-order valence-electron chi connectivity index (χ2n) is 4.73. The van der Waals surface area contributed by atoms with E-state index >= 15 is 0 Å². The molecule has 0 fully saturated rings. The maximum absolute atomic E-state index is 12.0. The molecule has 0 radical (unpaired) electrons. The van der Waals surface area contributed by atoms with Gasteiger partial charge in [-0.05, 0) is 38.0 Å². The summed E-state index contributed by atoms with van der Waals surface area (Å²) in [4.78, 5) is 11.0. The van der Waals surface area contributed by atoms with Crippen molar-refractivity contribution in [1.29, 1.82) is 0 Å². The van der Waals surface area contributed by atoms with Crippen LogP contribution in [0.1, 0.15) is 19.4 Å². The summed E-state index contributed by atoms with van der Waals surface area (Å²) < 4.78 is 27.2. The highest BCUT2D eigenvalue weighted by Gasteiger charge is 2.41. The Hall–Kier alpha value is -1.56. The van der Waals surface area contributed by atoms with Crippen LogP contribution in [-0.4, -0.2) is 37.1 Å². The third-order valence-electron chi connectivity index (χ3n) is 3.11. The number of aliphatic carboxylic acids is 1. The topological polar surface area (TPSA) is 80.7 Å². The van der Waals surface area contributed by atoms with E-state index in [-0.39, 0.29) is 12.2 Å². The van der Waals surface area contributed by atoms with Gasteiger partial charge in [-0.25, -0.2) is 8.42 Å². The zero-order valence-electron chi connectivity index (χ0n) is 11.2. The highest BCUT2D eigenvalue weighted by molar-refractivity contribution is 7.93. The van der Waals surface area contributed by atoms with Crippen LogP contribution in [0.2, 0.25) is 0 Å². The van der Waals surface area contributed by atoms with Crippen molar-refractivity contribution in [2.75, 3.05) is 12.9 Å². The van der Waals surface area contributed by atoms with Crippen molar-refractivity contribution in [2.24, 2.45) is 0 Å². The Morgan fingerprint density at radius 1 is 1.26 bits per heavy atom. The predicted octanol–water partition coefficient (Wildman–Crippen LogP) is 1.52. The minimum atomic E-state index is -3.70. The van der Waals surface area contributed by atoms with Crippen molar-refractivity contribution in [2.45, 2.75) is 25.0 Å². The zero-order chi connectivity index (χ0) is 14.7. The second kappa shape index (κ2) is 5.61. The molecule has 1 aromatic carbocycles. The van der Waals surface area contributed by atoms with Crippen LogP contribution in [0.5, 0.6) is 5.75 Å². The summed E-state index contributed by atoms with van der Waals surface area (Å²) in [5.41, 5.74) is 0.825. The molecule has 0 bridgehead atoms. The lowest BCUT2D eigenvalue weighted by Gasteiger charge is -2.19. The summed E-state index contributed by atoms with van der Waals surface area (Å²) in [5, 5.41) is 8.95. The lowest BCUT2D eigenvalue weighted by atomic mass is 10.2. The van der Waals surface area contributed by atoms with Gasteiger partial charge in [0.15, 0.2) is 14.6 Å². The first-order valence-electron chi connectivity index (χ1n) is 5.79. The molecule has 1 rings (SSSR count). The zero-order valence-corrected chi connectivity index (χ0v) is 12.0. The van der Waals surface area contributed by atoms with Crippen molar-refractivity contribution in [3.8, 4) is 5.75 Å². The van der Waals surface area contributed by atoms with Gasteiger partial charge in [0.25, 0.3) is 0 Å². The number of ether oxygens (including phenoxy) is 1.